The van der Waals surface area contributed by atoms with Crippen LogP contribution in [-0.2, 0) is 14.8 Å². The molecule has 0 spiro atoms. The molecule has 0 saturated carbocycles. The zero-order valence-electron chi connectivity index (χ0n) is 14.9. The van der Waals surface area contributed by atoms with E-state index < -0.39 is 21.7 Å². The van der Waals surface area contributed by atoms with Crippen LogP contribution in [0.25, 0.3) is 0 Å². The molecule has 146 valence electrons. The minimum Gasteiger partial charge on any atom is -0.326 e. The number of thioether (sulfide) groups is 1. The van der Waals surface area contributed by atoms with Gasteiger partial charge in [-0.05, 0) is 43.0 Å². The smallest absolute Gasteiger partial charge is 0.232 e. The predicted molar refractivity (Wildman–Crippen MR) is 105 cm³/mol. The molecule has 0 saturated heterocycles. The maximum absolute atomic E-state index is 13.4. The van der Waals surface area contributed by atoms with Crippen molar-refractivity contribution in [1.29, 1.82) is 0 Å². The van der Waals surface area contributed by atoms with E-state index in [9.17, 15) is 22.0 Å². The maximum Gasteiger partial charge on any atom is 0.232 e. The van der Waals surface area contributed by atoms with Gasteiger partial charge in [-0.2, -0.15) is 0 Å². The molecule has 1 amide bonds. The number of benzene rings is 2. The average Bonchev–Trinajstić information content (AvgIpc) is 2.60. The Morgan fingerprint density at radius 2 is 1.89 bits per heavy atom. The monoisotopic (exact) mass is 414 g/mol. The van der Waals surface area contributed by atoms with E-state index >= 15 is 0 Å². The molecule has 27 heavy (non-hydrogen) atoms. The number of nitrogens with zero attached hydrogens (tertiary/aromatic N) is 1. The predicted octanol–water partition coefficient (Wildman–Crippen LogP) is 3.87. The van der Waals surface area contributed by atoms with Gasteiger partial charge in [0.1, 0.15) is 0 Å². The summed E-state index contributed by atoms with van der Waals surface area (Å²) in [7, 11) is -3.70. The van der Waals surface area contributed by atoms with Crippen molar-refractivity contribution in [2.45, 2.75) is 17.7 Å². The quantitative estimate of drug-likeness (QED) is 0.666. The standard InChI is InChI=1S/C18H20F2N2O3S2/c1-26-15-6-3-5-13(11-15)21-18(23)7-4-10-22(27(2,24)25)14-8-9-16(19)17(20)12-14/h3,5-6,8-9,11-12H,4,7,10H2,1-2H3,(H,21,23). The fourth-order valence-corrected chi connectivity index (χ4v) is 3.85. The molecule has 0 radical (unpaired) electrons. The van der Waals surface area contributed by atoms with Gasteiger partial charge in [-0.1, -0.05) is 6.07 Å². The molecular weight excluding hydrogens is 394 g/mol. The summed E-state index contributed by atoms with van der Waals surface area (Å²) in [6, 6.07) is 10.2. The van der Waals surface area contributed by atoms with E-state index in [1.165, 1.54) is 6.07 Å². The second-order valence-electron chi connectivity index (χ2n) is 5.82. The van der Waals surface area contributed by atoms with Crippen LogP contribution in [0.1, 0.15) is 12.8 Å². The molecule has 2 rings (SSSR count). The maximum atomic E-state index is 13.4. The molecule has 2 aromatic rings. The summed E-state index contributed by atoms with van der Waals surface area (Å²) in [5, 5.41) is 2.76. The summed E-state index contributed by atoms with van der Waals surface area (Å²) in [6.07, 6.45) is 3.21. The number of hydrogen-bond acceptors (Lipinski definition) is 4. The van der Waals surface area contributed by atoms with Gasteiger partial charge in [-0.25, -0.2) is 17.2 Å². The average molecular weight is 414 g/mol. The van der Waals surface area contributed by atoms with Gasteiger partial charge in [0.25, 0.3) is 0 Å². The van der Waals surface area contributed by atoms with Gasteiger partial charge in [0.05, 0.1) is 11.9 Å². The topological polar surface area (TPSA) is 66.5 Å². The molecule has 5 nitrogen and oxygen atoms in total. The molecule has 0 aliphatic heterocycles. The van der Waals surface area contributed by atoms with Gasteiger partial charge in [0.2, 0.25) is 15.9 Å². The molecule has 0 bridgehead atoms. The zero-order chi connectivity index (χ0) is 20.0. The summed E-state index contributed by atoms with van der Waals surface area (Å²) >= 11 is 1.55. The molecule has 0 unspecified atom stereocenters. The van der Waals surface area contributed by atoms with Gasteiger partial charge >= 0.3 is 0 Å². The van der Waals surface area contributed by atoms with Crippen LogP contribution in [0.3, 0.4) is 0 Å². The van der Waals surface area contributed by atoms with Gasteiger partial charge in [-0.15, -0.1) is 11.8 Å². The number of carbonyl (C=O) groups is 1. The normalized spacial score (nSPS) is 11.3. The van der Waals surface area contributed by atoms with Crippen molar-refractivity contribution < 1.29 is 22.0 Å². The molecule has 9 heteroatoms. The minimum atomic E-state index is -3.70. The lowest BCUT2D eigenvalue weighted by Gasteiger charge is -2.22. The van der Waals surface area contributed by atoms with Crippen LogP contribution >= 0.6 is 11.8 Å². The highest BCUT2D eigenvalue weighted by Gasteiger charge is 2.19. The number of carbonyl (C=O) groups excluding carboxylic acids is 1. The lowest BCUT2D eigenvalue weighted by molar-refractivity contribution is -0.116. The first-order chi connectivity index (χ1) is 12.7. The fourth-order valence-electron chi connectivity index (χ4n) is 2.43. The molecule has 0 aliphatic rings. The van der Waals surface area contributed by atoms with Gasteiger partial charge in [0.15, 0.2) is 11.6 Å². The molecule has 0 atom stereocenters. The minimum absolute atomic E-state index is 0.0180. The van der Waals surface area contributed by atoms with Crippen LogP contribution in [-0.4, -0.2) is 33.4 Å². The largest absolute Gasteiger partial charge is 0.326 e. The molecule has 0 fully saturated rings. The Morgan fingerprint density at radius 3 is 2.52 bits per heavy atom. The summed E-state index contributed by atoms with van der Waals surface area (Å²) in [5.74, 6) is -2.45. The Kier molecular flexibility index (Phi) is 7.20. The van der Waals surface area contributed by atoms with Crippen LogP contribution in [0.2, 0.25) is 0 Å². The van der Waals surface area contributed by atoms with E-state index in [0.29, 0.717) is 5.69 Å². The Balaban J connectivity index is 1.99. The molecule has 0 aromatic heterocycles. The highest BCUT2D eigenvalue weighted by atomic mass is 32.2. The Hall–Kier alpha value is -2.13. The van der Waals surface area contributed by atoms with E-state index in [-0.39, 0.29) is 31.0 Å². The molecular formula is C18H20F2N2O3S2. The highest BCUT2D eigenvalue weighted by molar-refractivity contribution is 7.98. The van der Waals surface area contributed by atoms with Gasteiger partial charge in [-0.3, -0.25) is 9.10 Å². The van der Waals surface area contributed by atoms with E-state index in [0.717, 1.165) is 27.6 Å². The second kappa shape index (κ2) is 9.18. The summed E-state index contributed by atoms with van der Waals surface area (Å²) in [6.45, 7) is -0.0256. The first-order valence-electron chi connectivity index (χ1n) is 8.07. The van der Waals surface area contributed by atoms with Crippen LogP contribution in [0.4, 0.5) is 20.2 Å². The third kappa shape index (κ3) is 6.21. The lowest BCUT2D eigenvalue weighted by Crippen LogP contribution is -2.31. The first kappa shape index (κ1) is 21.2. The highest BCUT2D eigenvalue weighted by Crippen LogP contribution is 2.22. The molecule has 1 N–H and O–H groups in total. The van der Waals surface area contributed by atoms with Gasteiger partial charge < -0.3 is 5.32 Å². The lowest BCUT2D eigenvalue weighted by atomic mass is 10.2. The van der Waals surface area contributed by atoms with Crippen molar-refractivity contribution in [3.8, 4) is 0 Å². The van der Waals surface area contributed by atoms with E-state index in [4.69, 9.17) is 0 Å². The zero-order valence-corrected chi connectivity index (χ0v) is 16.5. The number of nitrogens with one attached hydrogen (secondary N) is 1. The van der Waals surface area contributed by atoms with E-state index in [2.05, 4.69) is 5.32 Å². The van der Waals surface area contributed by atoms with Crippen molar-refractivity contribution in [1.82, 2.24) is 0 Å². The Morgan fingerprint density at radius 1 is 1.15 bits per heavy atom. The SMILES string of the molecule is CSc1cccc(NC(=O)CCCN(c2ccc(F)c(F)c2)S(C)(=O)=O)c1. The summed E-state index contributed by atoms with van der Waals surface area (Å²) in [4.78, 5) is 13.1. The third-order valence-corrected chi connectivity index (χ3v) is 5.63. The number of sulfonamides is 1. The Bertz CT molecular complexity index is 921. The first-order valence-corrected chi connectivity index (χ1v) is 11.1. The van der Waals surface area contributed by atoms with E-state index in [1.807, 2.05) is 24.5 Å². The van der Waals surface area contributed by atoms with Crippen LogP contribution < -0.4 is 9.62 Å². The van der Waals surface area contributed by atoms with Crippen molar-refractivity contribution in [2.75, 3.05) is 28.7 Å². The number of halogens is 2. The van der Waals surface area contributed by atoms with Crippen molar-refractivity contribution in [2.24, 2.45) is 0 Å². The van der Waals surface area contributed by atoms with Crippen LogP contribution in [0.15, 0.2) is 47.4 Å². The van der Waals surface area contributed by atoms with E-state index in [1.54, 1.807) is 17.8 Å². The van der Waals surface area contributed by atoms with Crippen LogP contribution in [0, 0.1) is 11.6 Å². The number of hydrogen-bond donors (Lipinski definition) is 1. The number of anilines is 2. The van der Waals surface area contributed by atoms with Crippen molar-refractivity contribution in [3.63, 3.8) is 0 Å². The fraction of sp³-hybridized carbons (Fsp3) is 0.278. The second-order valence-corrected chi connectivity index (χ2v) is 8.60. The third-order valence-electron chi connectivity index (χ3n) is 3.71. The van der Waals surface area contributed by atoms with Gasteiger partial charge in [0, 0.05) is 29.6 Å². The number of amides is 1. The number of rotatable bonds is 8. The summed E-state index contributed by atoms with van der Waals surface area (Å²) in [5.41, 5.74) is 0.678. The molecule has 2 aromatic carbocycles. The molecule has 0 aliphatic carbocycles. The van der Waals surface area contributed by atoms with Crippen molar-refractivity contribution >= 4 is 39.1 Å². The molecule has 0 heterocycles. The van der Waals surface area contributed by atoms with Crippen molar-refractivity contribution in [3.05, 3.63) is 54.1 Å². The Labute approximate surface area is 161 Å². The van der Waals surface area contributed by atoms with Crippen LogP contribution in [0.5, 0.6) is 0 Å². The summed E-state index contributed by atoms with van der Waals surface area (Å²) < 4.78 is 51.4.